The number of rotatable bonds is 6. The Hall–Kier alpha value is -0.260. The van der Waals surface area contributed by atoms with E-state index in [9.17, 15) is 0 Å². The Bertz CT molecular complexity index is 127. The topological polar surface area (TPSA) is 0 Å². The van der Waals surface area contributed by atoms with Crippen LogP contribution in [0, 0.1) is 5.41 Å². The second-order valence-electron chi connectivity index (χ2n) is 4.00. The van der Waals surface area contributed by atoms with Crippen molar-refractivity contribution in [3.63, 3.8) is 0 Å². The van der Waals surface area contributed by atoms with Crippen LogP contribution in [0.15, 0.2) is 12.2 Å². The molecule has 0 unspecified atom stereocenters. The Morgan fingerprint density at radius 1 is 1.00 bits per heavy atom. The normalized spacial score (nSPS) is 18.7. The molecule has 0 fully saturated rings. The zero-order valence-corrected chi connectivity index (χ0v) is 7.90. The Balaban J connectivity index is 1.81. The lowest BCUT2D eigenvalue weighted by Crippen LogP contribution is -1.94. The predicted octanol–water partition coefficient (Wildman–Crippen LogP) is 3.92. The molecule has 0 heterocycles. The van der Waals surface area contributed by atoms with Gasteiger partial charge in [-0.15, -0.1) is 0 Å². The van der Waals surface area contributed by atoms with Gasteiger partial charge in [0.25, 0.3) is 0 Å². The van der Waals surface area contributed by atoms with E-state index in [2.05, 4.69) is 26.0 Å². The van der Waals surface area contributed by atoms with Crippen LogP contribution in [0.1, 0.15) is 52.4 Å². The van der Waals surface area contributed by atoms with Crippen molar-refractivity contribution >= 4 is 0 Å². The molecule has 0 spiro atoms. The van der Waals surface area contributed by atoms with Gasteiger partial charge in [0, 0.05) is 5.41 Å². The number of hydrogen-bond donors (Lipinski definition) is 0. The Morgan fingerprint density at radius 2 is 1.64 bits per heavy atom. The van der Waals surface area contributed by atoms with Crippen molar-refractivity contribution in [1.82, 2.24) is 0 Å². The fourth-order valence-electron chi connectivity index (χ4n) is 1.42. The van der Waals surface area contributed by atoms with Gasteiger partial charge in [0.2, 0.25) is 0 Å². The van der Waals surface area contributed by atoms with Crippen LogP contribution in [-0.4, -0.2) is 0 Å². The molecule has 0 saturated heterocycles. The first-order chi connectivity index (χ1) is 5.27. The van der Waals surface area contributed by atoms with Crippen molar-refractivity contribution < 1.29 is 0 Å². The number of hydrogen-bond acceptors (Lipinski definition) is 0. The van der Waals surface area contributed by atoms with E-state index in [1.54, 1.807) is 0 Å². The molecule has 0 aromatic heterocycles. The number of allylic oxidation sites excluding steroid dienone is 2. The molecule has 0 saturated carbocycles. The monoisotopic (exact) mass is 152 g/mol. The summed E-state index contributed by atoms with van der Waals surface area (Å²) in [6, 6.07) is 0. The van der Waals surface area contributed by atoms with Crippen molar-refractivity contribution in [2.75, 3.05) is 0 Å². The lowest BCUT2D eigenvalue weighted by atomic mass is 9.98. The number of unbranched alkanes of at least 4 members (excludes halogenated alkanes) is 4. The van der Waals surface area contributed by atoms with Gasteiger partial charge in [-0.1, -0.05) is 58.1 Å². The van der Waals surface area contributed by atoms with Crippen LogP contribution in [0.2, 0.25) is 0 Å². The Labute approximate surface area is 70.7 Å². The average Bonchev–Trinajstić information content (AvgIpc) is 2.69. The third-order valence-corrected chi connectivity index (χ3v) is 2.55. The fourth-order valence-corrected chi connectivity index (χ4v) is 1.42. The van der Waals surface area contributed by atoms with Gasteiger partial charge in [-0.05, 0) is 6.42 Å². The van der Waals surface area contributed by atoms with Gasteiger partial charge in [0.15, 0.2) is 0 Å². The highest BCUT2D eigenvalue weighted by molar-refractivity contribution is 5.23. The Kier molecular flexibility index (Phi) is 3.16. The molecule has 1 aliphatic carbocycles. The van der Waals surface area contributed by atoms with E-state index in [1.807, 2.05) is 0 Å². The molecule has 0 radical (unpaired) electrons. The third kappa shape index (κ3) is 3.60. The highest BCUT2D eigenvalue weighted by Gasteiger charge is 2.26. The molecule has 0 amide bonds. The van der Waals surface area contributed by atoms with Gasteiger partial charge in [-0.25, -0.2) is 0 Å². The molecule has 0 aromatic rings. The summed E-state index contributed by atoms with van der Waals surface area (Å²) < 4.78 is 0. The summed E-state index contributed by atoms with van der Waals surface area (Å²) in [4.78, 5) is 0. The summed E-state index contributed by atoms with van der Waals surface area (Å²) in [7, 11) is 0. The molecule has 0 atom stereocenters. The first-order valence-corrected chi connectivity index (χ1v) is 4.97. The van der Waals surface area contributed by atoms with Gasteiger partial charge in [0.05, 0.1) is 0 Å². The van der Waals surface area contributed by atoms with E-state index < -0.39 is 0 Å². The van der Waals surface area contributed by atoms with Crippen LogP contribution in [0.5, 0.6) is 0 Å². The molecule has 0 aliphatic heterocycles. The van der Waals surface area contributed by atoms with Crippen molar-refractivity contribution in [1.29, 1.82) is 0 Å². The zero-order chi connectivity index (χ0) is 8.16. The van der Waals surface area contributed by atoms with E-state index in [0.717, 1.165) is 0 Å². The maximum atomic E-state index is 2.33. The molecule has 0 nitrogen and oxygen atoms in total. The van der Waals surface area contributed by atoms with Crippen LogP contribution in [-0.2, 0) is 0 Å². The maximum absolute atomic E-state index is 2.33. The van der Waals surface area contributed by atoms with Gasteiger partial charge in [0.1, 0.15) is 0 Å². The molecule has 1 rings (SSSR count). The van der Waals surface area contributed by atoms with Gasteiger partial charge < -0.3 is 0 Å². The zero-order valence-electron chi connectivity index (χ0n) is 7.90. The maximum Gasteiger partial charge on any atom is 0.00333 e. The highest BCUT2D eigenvalue weighted by atomic mass is 14.3. The fraction of sp³-hybridized carbons (Fsp3) is 0.818. The predicted molar refractivity (Wildman–Crippen MR) is 50.6 cm³/mol. The molecule has 0 heteroatoms. The standard InChI is InChI=1S/C11H20/c1-3-4-5-6-7-8-11(2)9-10-11/h9-10H,3-8H2,1-2H3. The van der Waals surface area contributed by atoms with Crippen LogP contribution in [0.3, 0.4) is 0 Å². The van der Waals surface area contributed by atoms with Gasteiger partial charge in [-0.2, -0.15) is 0 Å². The average molecular weight is 152 g/mol. The van der Waals surface area contributed by atoms with E-state index in [1.165, 1.54) is 38.5 Å². The molecule has 11 heavy (non-hydrogen) atoms. The van der Waals surface area contributed by atoms with Crippen LogP contribution < -0.4 is 0 Å². The van der Waals surface area contributed by atoms with E-state index in [4.69, 9.17) is 0 Å². The quantitative estimate of drug-likeness (QED) is 0.399. The minimum atomic E-state index is 0.548. The first-order valence-electron chi connectivity index (χ1n) is 4.97. The minimum Gasteiger partial charge on any atom is -0.0780 e. The summed E-state index contributed by atoms with van der Waals surface area (Å²) in [5.74, 6) is 0. The van der Waals surface area contributed by atoms with Crippen molar-refractivity contribution in [3.05, 3.63) is 12.2 Å². The van der Waals surface area contributed by atoms with E-state index in [0.29, 0.717) is 5.41 Å². The van der Waals surface area contributed by atoms with Gasteiger partial charge in [-0.3, -0.25) is 0 Å². The summed E-state index contributed by atoms with van der Waals surface area (Å²) in [5.41, 5.74) is 0.548. The molecule has 64 valence electrons. The lowest BCUT2D eigenvalue weighted by Gasteiger charge is -2.07. The van der Waals surface area contributed by atoms with Gasteiger partial charge >= 0.3 is 0 Å². The second kappa shape index (κ2) is 3.94. The highest BCUT2D eigenvalue weighted by Crippen LogP contribution is 2.38. The summed E-state index contributed by atoms with van der Waals surface area (Å²) >= 11 is 0. The SMILES string of the molecule is CCCCCCCC1(C)C=C1. The van der Waals surface area contributed by atoms with Crippen LogP contribution in [0.4, 0.5) is 0 Å². The summed E-state index contributed by atoms with van der Waals surface area (Å²) in [6.07, 6.45) is 13.1. The molecule has 0 bridgehead atoms. The van der Waals surface area contributed by atoms with Crippen LogP contribution in [0.25, 0.3) is 0 Å². The first kappa shape index (κ1) is 8.83. The smallest absolute Gasteiger partial charge is 0.00333 e. The van der Waals surface area contributed by atoms with Crippen molar-refractivity contribution in [2.45, 2.75) is 52.4 Å². The molecule has 1 aliphatic rings. The van der Waals surface area contributed by atoms with Crippen molar-refractivity contribution in [2.24, 2.45) is 5.41 Å². The minimum absolute atomic E-state index is 0.548. The van der Waals surface area contributed by atoms with Crippen molar-refractivity contribution in [3.8, 4) is 0 Å². The molecular formula is C11H20. The summed E-state index contributed by atoms with van der Waals surface area (Å²) in [5, 5.41) is 0. The lowest BCUT2D eigenvalue weighted by molar-refractivity contribution is 0.509. The molecule has 0 N–H and O–H groups in total. The molecular weight excluding hydrogens is 132 g/mol. The molecule has 0 aromatic carbocycles. The van der Waals surface area contributed by atoms with Crippen LogP contribution >= 0.6 is 0 Å². The van der Waals surface area contributed by atoms with E-state index in [-0.39, 0.29) is 0 Å². The third-order valence-electron chi connectivity index (χ3n) is 2.55. The second-order valence-corrected chi connectivity index (χ2v) is 4.00. The largest absolute Gasteiger partial charge is 0.0780 e. The summed E-state index contributed by atoms with van der Waals surface area (Å²) in [6.45, 7) is 4.59. The Morgan fingerprint density at radius 3 is 2.18 bits per heavy atom. The van der Waals surface area contributed by atoms with E-state index >= 15 is 0 Å².